The molecule has 1 saturated heterocycles. The van der Waals surface area contributed by atoms with Crippen LogP contribution in [0.5, 0.6) is 0 Å². The quantitative estimate of drug-likeness (QED) is 0.472. The van der Waals surface area contributed by atoms with E-state index < -0.39 is 21.9 Å². The van der Waals surface area contributed by atoms with Crippen LogP contribution in [-0.4, -0.2) is 41.9 Å². The van der Waals surface area contributed by atoms with Crippen molar-refractivity contribution in [3.8, 4) is 11.5 Å². The van der Waals surface area contributed by atoms with Gasteiger partial charge in [0.15, 0.2) is 6.61 Å². The van der Waals surface area contributed by atoms with Crippen molar-refractivity contribution in [1.29, 1.82) is 0 Å². The predicted octanol–water partition coefficient (Wildman–Crippen LogP) is 4.19. The summed E-state index contributed by atoms with van der Waals surface area (Å²) in [4.78, 5) is 16.9. The molecular formula is C21H19Cl2N3O5S. The molecule has 0 amide bonds. The highest BCUT2D eigenvalue weighted by atomic mass is 35.5. The number of sulfonamides is 1. The first-order valence-corrected chi connectivity index (χ1v) is 12.0. The van der Waals surface area contributed by atoms with E-state index in [2.05, 4.69) is 10.1 Å². The van der Waals surface area contributed by atoms with E-state index in [0.717, 1.165) is 0 Å². The Labute approximate surface area is 195 Å². The normalized spacial score (nSPS) is 17.2. The van der Waals surface area contributed by atoms with Gasteiger partial charge in [-0.05, 0) is 49.2 Å². The number of carbonyl (C=O) groups excluding carboxylic acids is 1. The lowest BCUT2D eigenvalue weighted by Gasteiger charge is -2.30. The van der Waals surface area contributed by atoms with E-state index in [-0.39, 0.29) is 29.8 Å². The van der Waals surface area contributed by atoms with E-state index >= 15 is 0 Å². The summed E-state index contributed by atoms with van der Waals surface area (Å²) in [6.45, 7) is 0.189. The molecule has 0 bridgehead atoms. The number of halogens is 2. The highest BCUT2D eigenvalue weighted by Crippen LogP contribution is 2.27. The summed E-state index contributed by atoms with van der Waals surface area (Å²) >= 11 is 12.0. The second kappa shape index (κ2) is 9.58. The van der Waals surface area contributed by atoms with Crippen LogP contribution in [0.3, 0.4) is 0 Å². The Morgan fingerprint density at radius 3 is 2.66 bits per heavy atom. The summed E-state index contributed by atoms with van der Waals surface area (Å²) in [5.74, 6) is -0.680. The summed E-state index contributed by atoms with van der Waals surface area (Å²) in [7, 11) is -3.73. The van der Waals surface area contributed by atoms with Gasteiger partial charge in [-0.3, -0.25) is 4.79 Å². The van der Waals surface area contributed by atoms with Gasteiger partial charge < -0.3 is 9.26 Å². The number of nitrogens with zero attached hydrogens (tertiary/aromatic N) is 3. The molecular weight excluding hydrogens is 477 g/mol. The number of esters is 1. The van der Waals surface area contributed by atoms with E-state index in [4.69, 9.17) is 32.5 Å². The highest BCUT2D eigenvalue weighted by Gasteiger charge is 2.34. The average molecular weight is 496 g/mol. The maximum absolute atomic E-state index is 12.9. The number of hydrogen-bond acceptors (Lipinski definition) is 7. The Balaban J connectivity index is 1.38. The number of carbonyl (C=O) groups is 1. The Kier molecular flexibility index (Phi) is 6.80. The average Bonchev–Trinajstić information content (AvgIpc) is 3.27. The molecule has 8 nitrogen and oxygen atoms in total. The van der Waals surface area contributed by atoms with Crippen molar-refractivity contribution in [2.75, 3.05) is 13.1 Å². The van der Waals surface area contributed by atoms with Crippen LogP contribution in [0.15, 0.2) is 57.9 Å². The van der Waals surface area contributed by atoms with Gasteiger partial charge in [0.25, 0.3) is 5.89 Å². The lowest BCUT2D eigenvalue weighted by Crippen LogP contribution is -2.42. The standard InChI is InChI=1S/C21H19Cl2N3O5S/c22-15-7-9-16(10-8-15)32(28,29)26-11-3-4-14(12-26)21(27)30-13-19-24-20(31-25-19)17-5-1-2-6-18(17)23/h1-2,5-10,14H,3-4,11-13H2. The van der Waals surface area contributed by atoms with Crippen molar-refractivity contribution < 1.29 is 22.5 Å². The molecule has 0 saturated carbocycles. The smallest absolute Gasteiger partial charge is 0.310 e. The number of aromatic nitrogens is 2. The number of rotatable bonds is 6. The fraction of sp³-hybridized carbons (Fsp3) is 0.286. The van der Waals surface area contributed by atoms with Crippen molar-refractivity contribution in [1.82, 2.24) is 14.4 Å². The van der Waals surface area contributed by atoms with Gasteiger partial charge in [-0.2, -0.15) is 9.29 Å². The summed E-state index contributed by atoms with van der Waals surface area (Å²) in [5, 5.41) is 4.72. The van der Waals surface area contributed by atoms with Gasteiger partial charge in [0.2, 0.25) is 15.8 Å². The first-order valence-electron chi connectivity index (χ1n) is 9.84. The second-order valence-electron chi connectivity index (χ2n) is 7.26. The van der Waals surface area contributed by atoms with Crippen LogP contribution >= 0.6 is 23.2 Å². The third-order valence-corrected chi connectivity index (χ3v) is 7.55. The molecule has 168 valence electrons. The van der Waals surface area contributed by atoms with Gasteiger partial charge in [0.05, 0.1) is 21.4 Å². The fourth-order valence-corrected chi connectivity index (χ4v) is 5.29. The Morgan fingerprint density at radius 2 is 1.91 bits per heavy atom. The summed E-state index contributed by atoms with van der Waals surface area (Å²) < 4.78 is 37.6. The lowest BCUT2D eigenvalue weighted by molar-refractivity contribution is -0.151. The molecule has 11 heteroatoms. The zero-order valence-electron chi connectivity index (χ0n) is 16.8. The summed E-state index contributed by atoms with van der Waals surface area (Å²) in [6, 6.07) is 13.0. The first-order chi connectivity index (χ1) is 15.3. The molecule has 1 aromatic heterocycles. The monoisotopic (exact) mass is 495 g/mol. The van der Waals surface area contributed by atoms with Gasteiger partial charge in [-0.1, -0.05) is 40.5 Å². The molecule has 0 aliphatic carbocycles. The van der Waals surface area contributed by atoms with Gasteiger partial charge in [0, 0.05) is 18.1 Å². The lowest BCUT2D eigenvalue weighted by atomic mass is 10.0. The molecule has 0 N–H and O–H groups in total. The van der Waals surface area contributed by atoms with Crippen LogP contribution in [0, 0.1) is 5.92 Å². The largest absolute Gasteiger partial charge is 0.457 e. The minimum Gasteiger partial charge on any atom is -0.457 e. The van der Waals surface area contributed by atoms with E-state index in [1.54, 1.807) is 24.3 Å². The Morgan fingerprint density at radius 1 is 1.16 bits per heavy atom. The number of benzene rings is 2. The minimum atomic E-state index is -3.73. The second-order valence-corrected chi connectivity index (χ2v) is 10.0. The first kappa shape index (κ1) is 22.7. The van der Waals surface area contributed by atoms with E-state index in [0.29, 0.717) is 35.0 Å². The zero-order chi connectivity index (χ0) is 22.7. The SMILES string of the molecule is O=C(OCc1noc(-c2ccccc2Cl)n1)C1CCCN(S(=O)(=O)c2ccc(Cl)cc2)C1. The van der Waals surface area contributed by atoms with E-state index in [1.807, 2.05) is 0 Å². The molecule has 1 unspecified atom stereocenters. The van der Waals surface area contributed by atoms with Gasteiger partial charge in [-0.25, -0.2) is 8.42 Å². The molecule has 0 spiro atoms. The summed E-state index contributed by atoms with van der Waals surface area (Å²) in [6.07, 6.45) is 1.08. The molecule has 0 radical (unpaired) electrons. The highest BCUT2D eigenvalue weighted by molar-refractivity contribution is 7.89. The fourth-order valence-electron chi connectivity index (χ4n) is 3.42. The molecule has 1 aliphatic heterocycles. The van der Waals surface area contributed by atoms with Crippen molar-refractivity contribution in [2.45, 2.75) is 24.3 Å². The molecule has 1 fully saturated rings. The van der Waals surface area contributed by atoms with Crippen LogP contribution in [0.25, 0.3) is 11.5 Å². The van der Waals surface area contributed by atoms with Crippen molar-refractivity contribution in [3.63, 3.8) is 0 Å². The van der Waals surface area contributed by atoms with Crippen molar-refractivity contribution >= 4 is 39.2 Å². The third-order valence-electron chi connectivity index (χ3n) is 5.08. The molecule has 1 aliphatic rings. The summed E-state index contributed by atoms with van der Waals surface area (Å²) in [5.41, 5.74) is 0.578. The third kappa shape index (κ3) is 4.96. The minimum absolute atomic E-state index is 0.0426. The van der Waals surface area contributed by atoms with Crippen LogP contribution in [0.4, 0.5) is 0 Å². The van der Waals surface area contributed by atoms with Crippen molar-refractivity contribution in [3.05, 3.63) is 64.4 Å². The van der Waals surface area contributed by atoms with Crippen LogP contribution < -0.4 is 0 Å². The number of piperidine rings is 1. The molecule has 2 heterocycles. The predicted molar refractivity (Wildman–Crippen MR) is 117 cm³/mol. The zero-order valence-corrected chi connectivity index (χ0v) is 19.1. The molecule has 4 rings (SSSR count). The van der Waals surface area contributed by atoms with Crippen LogP contribution in [0.1, 0.15) is 18.7 Å². The van der Waals surface area contributed by atoms with E-state index in [9.17, 15) is 13.2 Å². The number of ether oxygens (including phenoxy) is 1. The van der Waals surface area contributed by atoms with Gasteiger partial charge >= 0.3 is 5.97 Å². The van der Waals surface area contributed by atoms with Crippen LogP contribution in [0.2, 0.25) is 10.0 Å². The van der Waals surface area contributed by atoms with Gasteiger partial charge in [0.1, 0.15) is 0 Å². The van der Waals surface area contributed by atoms with Crippen LogP contribution in [-0.2, 0) is 26.2 Å². The van der Waals surface area contributed by atoms with Crippen molar-refractivity contribution in [2.24, 2.45) is 5.92 Å². The molecule has 32 heavy (non-hydrogen) atoms. The maximum Gasteiger partial charge on any atom is 0.310 e. The molecule has 3 aromatic rings. The Bertz CT molecular complexity index is 1210. The Hall–Kier alpha value is -2.46. The molecule has 1 atom stereocenters. The number of hydrogen-bond donors (Lipinski definition) is 0. The van der Waals surface area contributed by atoms with Gasteiger partial charge in [-0.15, -0.1) is 0 Å². The van der Waals surface area contributed by atoms with E-state index in [1.165, 1.54) is 28.6 Å². The maximum atomic E-state index is 12.9. The topological polar surface area (TPSA) is 103 Å². The molecule has 2 aromatic carbocycles.